The second kappa shape index (κ2) is 6.45. The number of hydrogen-bond donors (Lipinski definition) is 1. The Balaban J connectivity index is 1.92. The van der Waals surface area contributed by atoms with E-state index >= 15 is 0 Å². The highest BCUT2D eigenvalue weighted by atomic mass is 79.9. The molecule has 2 rings (SSSR count). The van der Waals surface area contributed by atoms with E-state index in [0.29, 0.717) is 23.2 Å². The van der Waals surface area contributed by atoms with Crippen LogP contribution >= 0.6 is 15.9 Å². The Labute approximate surface area is 120 Å². The molecule has 1 heterocycles. The number of benzene rings is 1. The monoisotopic (exact) mass is 330 g/mol. The summed E-state index contributed by atoms with van der Waals surface area (Å²) in [5.74, 6) is -0.731. The van der Waals surface area contributed by atoms with Crippen LogP contribution in [0.2, 0.25) is 0 Å². The zero-order valence-electron chi connectivity index (χ0n) is 10.7. The van der Waals surface area contributed by atoms with Gasteiger partial charge in [0, 0.05) is 24.1 Å². The predicted octanol–water partition coefficient (Wildman–Crippen LogP) is 1.65. The first-order valence-electron chi connectivity index (χ1n) is 6.09. The zero-order chi connectivity index (χ0) is 13.8. The van der Waals surface area contributed by atoms with Gasteiger partial charge in [0.05, 0.1) is 18.3 Å². The van der Waals surface area contributed by atoms with Crippen molar-refractivity contribution in [2.24, 2.45) is 0 Å². The van der Waals surface area contributed by atoms with Gasteiger partial charge in [-0.25, -0.2) is 4.39 Å². The molecule has 1 N–H and O–H groups in total. The van der Waals surface area contributed by atoms with Gasteiger partial charge in [0.15, 0.2) is 0 Å². The Morgan fingerprint density at radius 1 is 1.63 bits per heavy atom. The number of ether oxygens (including phenoxy) is 1. The molecule has 19 heavy (non-hydrogen) atoms. The highest BCUT2D eigenvalue weighted by molar-refractivity contribution is 9.10. The van der Waals surface area contributed by atoms with Gasteiger partial charge in [0.1, 0.15) is 5.82 Å². The van der Waals surface area contributed by atoms with Gasteiger partial charge in [-0.15, -0.1) is 0 Å². The third kappa shape index (κ3) is 3.99. The Morgan fingerprint density at radius 2 is 2.42 bits per heavy atom. The van der Waals surface area contributed by atoms with Gasteiger partial charge in [-0.3, -0.25) is 4.79 Å². The van der Waals surface area contributed by atoms with Gasteiger partial charge < -0.3 is 15.0 Å². The van der Waals surface area contributed by atoms with Crippen LogP contribution in [0.5, 0.6) is 0 Å². The van der Waals surface area contributed by atoms with Crippen molar-refractivity contribution in [2.75, 3.05) is 33.3 Å². The lowest BCUT2D eigenvalue weighted by atomic mass is 10.2. The maximum absolute atomic E-state index is 13.1. The van der Waals surface area contributed by atoms with Crippen LogP contribution in [0.1, 0.15) is 10.4 Å². The number of amides is 1. The molecule has 1 unspecified atom stereocenters. The van der Waals surface area contributed by atoms with Crippen molar-refractivity contribution in [1.82, 2.24) is 10.2 Å². The minimum atomic E-state index is -0.429. The van der Waals surface area contributed by atoms with Crippen molar-refractivity contribution in [3.63, 3.8) is 0 Å². The van der Waals surface area contributed by atoms with Crippen molar-refractivity contribution >= 4 is 21.8 Å². The first-order valence-corrected chi connectivity index (χ1v) is 6.89. The Kier molecular flexibility index (Phi) is 4.90. The van der Waals surface area contributed by atoms with Crippen LogP contribution in [0.4, 0.5) is 4.39 Å². The van der Waals surface area contributed by atoms with Gasteiger partial charge >= 0.3 is 0 Å². The lowest BCUT2D eigenvalue weighted by Gasteiger charge is -2.30. The fraction of sp³-hybridized carbons (Fsp3) is 0.462. The summed E-state index contributed by atoms with van der Waals surface area (Å²) in [6.45, 7) is 2.78. The number of halogens is 2. The fourth-order valence-corrected chi connectivity index (χ4v) is 2.39. The number of nitrogens with zero attached hydrogens (tertiary/aromatic N) is 1. The van der Waals surface area contributed by atoms with Gasteiger partial charge in [-0.1, -0.05) is 0 Å². The van der Waals surface area contributed by atoms with E-state index in [2.05, 4.69) is 26.1 Å². The molecule has 1 aromatic rings. The minimum absolute atomic E-state index is 0.0185. The van der Waals surface area contributed by atoms with Crippen LogP contribution in [-0.4, -0.2) is 50.2 Å². The van der Waals surface area contributed by atoms with E-state index in [0.717, 1.165) is 13.1 Å². The van der Waals surface area contributed by atoms with Gasteiger partial charge in [-0.05, 0) is 41.2 Å². The van der Waals surface area contributed by atoms with Crippen LogP contribution in [0.15, 0.2) is 22.7 Å². The molecule has 0 saturated carbocycles. The number of morpholine rings is 1. The van der Waals surface area contributed by atoms with Crippen LogP contribution in [0.3, 0.4) is 0 Å². The topological polar surface area (TPSA) is 41.6 Å². The summed E-state index contributed by atoms with van der Waals surface area (Å²) in [6.07, 6.45) is -0.0185. The predicted molar refractivity (Wildman–Crippen MR) is 73.7 cm³/mol. The van der Waals surface area contributed by atoms with Gasteiger partial charge in [0.2, 0.25) is 0 Å². The standard InChI is InChI=1S/C13H16BrFN2O2/c1-17-4-5-19-10(8-17)7-16-13(18)11-6-9(15)2-3-12(11)14/h2-3,6,10H,4-5,7-8H2,1H3,(H,16,18). The summed E-state index contributed by atoms with van der Waals surface area (Å²) >= 11 is 3.24. The van der Waals surface area contributed by atoms with E-state index in [1.165, 1.54) is 18.2 Å². The van der Waals surface area contributed by atoms with Crippen molar-refractivity contribution < 1.29 is 13.9 Å². The van der Waals surface area contributed by atoms with E-state index in [4.69, 9.17) is 4.74 Å². The average molecular weight is 331 g/mol. The van der Waals surface area contributed by atoms with E-state index in [1.54, 1.807) is 0 Å². The molecule has 1 fully saturated rings. The summed E-state index contributed by atoms with van der Waals surface area (Å²) in [7, 11) is 2.01. The average Bonchev–Trinajstić information content (AvgIpc) is 2.39. The molecule has 1 aliphatic heterocycles. The first-order chi connectivity index (χ1) is 9.06. The lowest BCUT2D eigenvalue weighted by Crippen LogP contribution is -2.45. The van der Waals surface area contributed by atoms with E-state index in [9.17, 15) is 9.18 Å². The Morgan fingerprint density at radius 3 is 3.16 bits per heavy atom. The number of likely N-dealkylation sites (N-methyl/N-ethyl adjacent to an activating group) is 1. The first kappa shape index (κ1) is 14.4. The molecule has 1 atom stereocenters. The SMILES string of the molecule is CN1CCOC(CNC(=O)c2cc(F)ccc2Br)C1. The molecule has 104 valence electrons. The number of hydrogen-bond acceptors (Lipinski definition) is 3. The Hall–Kier alpha value is -0.980. The molecule has 1 aromatic carbocycles. The zero-order valence-corrected chi connectivity index (χ0v) is 12.2. The number of carbonyl (C=O) groups is 1. The summed E-state index contributed by atoms with van der Waals surface area (Å²) in [5.41, 5.74) is 0.296. The van der Waals surface area contributed by atoms with Crippen molar-refractivity contribution in [2.45, 2.75) is 6.10 Å². The second-order valence-corrected chi connectivity index (χ2v) is 5.44. The molecule has 0 spiro atoms. The summed E-state index contributed by atoms with van der Waals surface area (Å²) in [6, 6.07) is 4.04. The molecule has 1 saturated heterocycles. The summed E-state index contributed by atoms with van der Waals surface area (Å²) in [5, 5.41) is 2.77. The molecule has 0 bridgehead atoms. The molecular weight excluding hydrogens is 315 g/mol. The van der Waals surface area contributed by atoms with Crippen molar-refractivity contribution in [1.29, 1.82) is 0 Å². The van der Waals surface area contributed by atoms with Crippen molar-refractivity contribution in [3.8, 4) is 0 Å². The maximum atomic E-state index is 13.1. The van der Waals surface area contributed by atoms with Crippen LogP contribution in [0, 0.1) is 5.82 Å². The Bertz CT molecular complexity index is 470. The molecule has 1 aliphatic rings. The highest BCUT2D eigenvalue weighted by Gasteiger charge is 2.19. The molecule has 1 amide bonds. The molecule has 0 radical (unpaired) electrons. The lowest BCUT2D eigenvalue weighted by molar-refractivity contribution is -0.0175. The smallest absolute Gasteiger partial charge is 0.252 e. The number of nitrogens with one attached hydrogen (secondary N) is 1. The minimum Gasteiger partial charge on any atom is -0.374 e. The van der Waals surface area contributed by atoms with E-state index < -0.39 is 5.82 Å². The van der Waals surface area contributed by atoms with E-state index in [-0.39, 0.29) is 12.0 Å². The van der Waals surface area contributed by atoms with E-state index in [1.807, 2.05) is 7.05 Å². The van der Waals surface area contributed by atoms with Crippen molar-refractivity contribution in [3.05, 3.63) is 34.1 Å². The normalized spacial score (nSPS) is 20.3. The number of rotatable bonds is 3. The summed E-state index contributed by atoms with van der Waals surface area (Å²) < 4.78 is 19.2. The number of carbonyl (C=O) groups excluding carboxylic acids is 1. The third-order valence-electron chi connectivity index (χ3n) is 3.01. The molecule has 0 aromatic heterocycles. The fourth-order valence-electron chi connectivity index (χ4n) is 1.96. The van der Waals surface area contributed by atoms with Gasteiger partial charge in [-0.2, -0.15) is 0 Å². The molecule has 0 aliphatic carbocycles. The van der Waals surface area contributed by atoms with Gasteiger partial charge in [0.25, 0.3) is 5.91 Å². The van der Waals surface area contributed by atoms with Crippen LogP contribution < -0.4 is 5.32 Å². The molecule has 4 nitrogen and oxygen atoms in total. The molecular formula is C13H16BrFN2O2. The summed E-state index contributed by atoms with van der Waals surface area (Å²) in [4.78, 5) is 14.1. The third-order valence-corrected chi connectivity index (χ3v) is 3.70. The maximum Gasteiger partial charge on any atom is 0.252 e. The highest BCUT2D eigenvalue weighted by Crippen LogP contribution is 2.17. The second-order valence-electron chi connectivity index (χ2n) is 4.59. The quantitative estimate of drug-likeness (QED) is 0.916. The van der Waals surface area contributed by atoms with Crippen LogP contribution in [0.25, 0.3) is 0 Å². The largest absolute Gasteiger partial charge is 0.374 e. The molecule has 6 heteroatoms. The van der Waals surface area contributed by atoms with Crippen LogP contribution in [-0.2, 0) is 4.74 Å².